The summed E-state index contributed by atoms with van der Waals surface area (Å²) in [6, 6.07) is 23.2. The number of benzene rings is 3. The summed E-state index contributed by atoms with van der Waals surface area (Å²) >= 11 is 29.3. The third kappa shape index (κ3) is 16.7. The lowest BCUT2D eigenvalue weighted by Crippen LogP contribution is -2.32. The molecule has 6 N–H and O–H groups in total. The molecule has 0 saturated heterocycles. The van der Waals surface area contributed by atoms with Crippen LogP contribution in [0, 0.1) is 0 Å². The third-order valence-electron chi connectivity index (χ3n) is 9.66. The Bertz CT molecular complexity index is 2060. The van der Waals surface area contributed by atoms with Gasteiger partial charge in [0.2, 0.25) is 4.89 Å². The number of halogens is 2. The lowest BCUT2D eigenvalue weighted by Gasteiger charge is -2.38. The monoisotopic (exact) mass is 1060 g/mol. The van der Waals surface area contributed by atoms with Crippen molar-refractivity contribution in [1.82, 2.24) is 14.3 Å². The van der Waals surface area contributed by atoms with E-state index in [0.717, 1.165) is 54.5 Å². The highest BCUT2D eigenvalue weighted by Crippen LogP contribution is 2.74. The molecule has 0 spiro atoms. The molecule has 62 heavy (non-hydrogen) atoms. The quantitative estimate of drug-likeness (QED) is 0.0398. The highest BCUT2D eigenvalue weighted by molar-refractivity contribution is 8.55. The molecule has 3 aromatic carbocycles. The Morgan fingerprint density at radius 2 is 1.10 bits per heavy atom. The molecule has 0 saturated carbocycles. The maximum Gasteiger partial charge on any atom is 0.358 e. The van der Waals surface area contributed by atoms with E-state index in [0.29, 0.717) is 17.9 Å². The maximum absolute atomic E-state index is 6.65. The second kappa shape index (κ2) is 25.7. The smallest absolute Gasteiger partial charge is 0.358 e. The number of unbranched alkanes of at least 4 members (excludes halogenated alkanes) is 1. The van der Waals surface area contributed by atoms with E-state index in [1.54, 1.807) is 25.7 Å². The molecule has 0 amide bonds. The van der Waals surface area contributed by atoms with Gasteiger partial charge in [0.15, 0.2) is 23.6 Å². The van der Waals surface area contributed by atoms with Crippen molar-refractivity contribution in [2.75, 3.05) is 21.1 Å². The van der Waals surface area contributed by atoms with E-state index in [1.165, 1.54) is 4.78 Å². The Labute approximate surface area is 400 Å². The van der Waals surface area contributed by atoms with Gasteiger partial charge in [-0.3, -0.25) is 0 Å². The number of hydrogen-bond donors (Lipinski definition) is 3. The SMILES string of the molecule is CCCCC(C)(Oc1ccc(/C=N/N(C)[P+](=S)C(C)(CCC)Oc2ccc(/C=N/N(C)[P+](=S)C(C)(CC)Oc3ccc(/C=N/N(C)P(=S)(Cl)Cl)cc3)cc2)cc1)P(N)P(N)PN. The first-order valence-corrected chi connectivity index (χ1v) is 34.5. The molecule has 340 valence electrons. The number of rotatable bonds is 26. The van der Waals surface area contributed by atoms with Crippen molar-refractivity contribution in [2.45, 2.75) is 96.1 Å². The van der Waals surface area contributed by atoms with Crippen molar-refractivity contribution >= 4 is 119 Å². The van der Waals surface area contributed by atoms with Crippen LogP contribution in [0.1, 0.15) is 96.8 Å². The Morgan fingerprint density at radius 1 is 0.694 bits per heavy atom. The van der Waals surface area contributed by atoms with E-state index in [4.69, 9.17) is 98.8 Å². The minimum atomic E-state index is -2.68. The van der Waals surface area contributed by atoms with Gasteiger partial charge in [0, 0.05) is 41.2 Å². The summed E-state index contributed by atoms with van der Waals surface area (Å²) in [7, 11) is 3.52. The zero-order valence-corrected chi connectivity index (χ0v) is 46.2. The molecule has 0 aromatic heterocycles. The van der Waals surface area contributed by atoms with Crippen molar-refractivity contribution in [1.29, 1.82) is 0 Å². The molecular formula is C39H61Cl2N9O3P6S3+2. The minimum absolute atomic E-state index is 0.131. The van der Waals surface area contributed by atoms with Gasteiger partial charge in [0.25, 0.3) is 10.7 Å². The van der Waals surface area contributed by atoms with E-state index >= 15 is 0 Å². The van der Waals surface area contributed by atoms with Gasteiger partial charge in [-0.2, -0.15) is 5.10 Å². The number of hydrogen-bond acceptors (Lipinski definition) is 12. The van der Waals surface area contributed by atoms with Crippen LogP contribution in [-0.2, 0) is 35.4 Å². The minimum Gasteiger partial charge on any atom is -0.481 e. The van der Waals surface area contributed by atoms with Gasteiger partial charge < -0.3 is 30.7 Å². The van der Waals surface area contributed by atoms with Crippen molar-refractivity contribution in [3.8, 4) is 17.2 Å². The topological polar surface area (TPSA) is 153 Å². The van der Waals surface area contributed by atoms with Gasteiger partial charge >= 0.3 is 13.7 Å². The Kier molecular flexibility index (Phi) is 22.9. The summed E-state index contributed by atoms with van der Waals surface area (Å²) in [5, 5.41) is 11.9. The van der Waals surface area contributed by atoms with Gasteiger partial charge in [0.05, 0.1) is 40.5 Å². The van der Waals surface area contributed by atoms with Crippen LogP contribution in [0.3, 0.4) is 0 Å². The van der Waals surface area contributed by atoms with Crippen LogP contribution in [0.5, 0.6) is 17.2 Å². The van der Waals surface area contributed by atoms with Crippen LogP contribution in [0.15, 0.2) is 88.1 Å². The van der Waals surface area contributed by atoms with Crippen molar-refractivity contribution in [3.63, 3.8) is 0 Å². The number of hydrazone groups is 3. The molecule has 3 rings (SSSR count). The second-order valence-corrected chi connectivity index (χ2v) is 37.2. The fourth-order valence-corrected chi connectivity index (χ4v) is 16.3. The first-order valence-electron chi connectivity index (χ1n) is 19.8. The fraction of sp³-hybridized carbons (Fsp3) is 0.462. The maximum atomic E-state index is 6.65. The molecular weight excluding hydrogens is 995 g/mol. The highest BCUT2D eigenvalue weighted by Gasteiger charge is 2.46. The molecule has 0 radical (unpaired) electrons. The van der Waals surface area contributed by atoms with Gasteiger partial charge in [-0.25, -0.2) is 4.78 Å². The van der Waals surface area contributed by atoms with E-state index in [9.17, 15) is 0 Å². The van der Waals surface area contributed by atoms with E-state index in [2.05, 4.69) is 39.7 Å². The van der Waals surface area contributed by atoms with E-state index in [1.807, 2.05) is 103 Å². The van der Waals surface area contributed by atoms with Crippen LogP contribution in [0.25, 0.3) is 0 Å². The summed E-state index contributed by atoms with van der Waals surface area (Å²) in [5.41, 5.74) is 21.5. The lowest BCUT2D eigenvalue weighted by atomic mass is 10.1. The predicted molar refractivity (Wildman–Crippen MR) is 286 cm³/mol. The summed E-state index contributed by atoms with van der Waals surface area (Å²) in [6.07, 6.45) is 10.4. The van der Waals surface area contributed by atoms with Gasteiger partial charge in [0.1, 0.15) is 22.6 Å². The van der Waals surface area contributed by atoms with Crippen LogP contribution in [0.2, 0.25) is 0 Å². The molecule has 0 aliphatic carbocycles. The van der Waals surface area contributed by atoms with Crippen LogP contribution >= 0.6 is 64.7 Å². The largest absolute Gasteiger partial charge is 0.481 e. The molecule has 0 aliphatic heterocycles. The highest BCUT2D eigenvalue weighted by atomic mass is 35.9. The average molecular weight is 1060 g/mol. The predicted octanol–water partition coefficient (Wildman–Crippen LogP) is 13.1. The fourth-order valence-electron chi connectivity index (χ4n) is 5.75. The van der Waals surface area contributed by atoms with Gasteiger partial charge in [-0.05, 0) is 158 Å². The summed E-state index contributed by atoms with van der Waals surface area (Å²) in [6.45, 7) is 9.96. The molecule has 3 aromatic rings. The molecule has 0 fully saturated rings. The molecule has 8 atom stereocenters. The third-order valence-corrected chi connectivity index (χ3v) is 28.2. The number of nitrogens with zero attached hydrogens (tertiary/aromatic N) is 6. The van der Waals surface area contributed by atoms with Crippen LogP contribution < -0.4 is 30.7 Å². The Hall–Kier alpha value is -1.09. The normalized spacial score (nSPS) is 16.7. The summed E-state index contributed by atoms with van der Waals surface area (Å²) in [5.74, 6) is 2.14. The van der Waals surface area contributed by atoms with Crippen LogP contribution in [-0.4, -0.2) is 70.2 Å². The van der Waals surface area contributed by atoms with Gasteiger partial charge in [-0.1, -0.05) is 27.2 Å². The lowest BCUT2D eigenvalue weighted by molar-refractivity contribution is 0.164. The summed E-state index contributed by atoms with van der Waals surface area (Å²) in [4.78, 5) is -2.68. The standard InChI is InChI=1S/C39H61Cl2N9O3P6S3/c1-10-13-27-38(5,55(43)58(44)54-42)52-35-22-14-31(15-23-35)29-46-49(8)57(61)39(6,26-11-2)53-36-24-16-32(17-25-36)28-45-48(7)56(60)37(4,12-3)51-34-20-18-33(19-21-34)30-47-50(9)59(40,41)62/h14-25,28-30,54H,10-13,26-27,42-44H2,1-9H3/q+2/b45-28+,46-29+,47-30+. The molecule has 12 nitrogen and oxygen atoms in total. The molecule has 8 unspecified atom stereocenters. The number of ether oxygens (including phenoxy) is 3. The molecule has 0 bridgehead atoms. The van der Waals surface area contributed by atoms with Gasteiger partial charge in [-0.15, -0.1) is 19.8 Å². The first-order chi connectivity index (χ1) is 29.1. The second-order valence-electron chi connectivity index (χ2n) is 14.7. The Morgan fingerprint density at radius 3 is 1.48 bits per heavy atom. The molecule has 23 heteroatoms. The summed E-state index contributed by atoms with van der Waals surface area (Å²) < 4.78 is 24.7. The zero-order valence-electron chi connectivity index (χ0n) is 36.8. The average Bonchev–Trinajstić information content (AvgIpc) is 3.25. The molecule has 0 aliphatic rings. The van der Waals surface area contributed by atoms with Crippen molar-refractivity contribution < 1.29 is 14.2 Å². The van der Waals surface area contributed by atoms with Crippen molar-refractivity contribution in [3.05, 3.63) is 89.5 Å². The number of nitrogens with two attached hydrogens (primary N) is 3. The molecule has 0 heterocycles. The van der Waals surface area contributed by atoms with Crippen LogP contribution in [0.4, 0.5) is 0 Å². The van der Waals surface area contributed by atoms with Crippen molar-refractivity contribution in [2.24, 2.45) is 31.8 Å². The van der Waals surface area contributed by atoms with E-state index < -0.39 is 49.8 Å². The Balaban J connectivity index is 1.64. The zero-order chi connectivity index (χ0) is 46.3. The van der Waals surface area contributed by atoms with E-state index in [-0.39, 0.29) is 8.42 Å². The first kappa shape index (κ1) is 55.2.